The molecule has 0 amide bonds. The maximum Gasteiger partial charge on any atom is 0.191 e. The average molecular weight is 438 g/mol. The number of nitrogens with zero attached hydrogens (tertiary/aromatic N) is 1. The Balaban J connectivity index is 0.00000261. The molecule has 0 bridgehead atoms. The fourth-order valence-electron chi connectivity index (χ4n) is 2.88. The van der Waals surface area contributed by atoms with Gasteiger partial charge in [-0.2, -0.15) is 0 Å². The van der Waals surface area contributed by atoms with E-state index in [-0.39, 0.29) is 17.0 Å². The predicted octanol–water partition coefficient (Wildman–Crippen LogP) is 1.24. The van der Waals surface area contributed by atoms with Gasteiger partial charge in [-0.15, -0.1) is 0 Å². The van der Waals surface area contributed by atoms with E-state index in [9.17, 15) is 0 Å². The van der Waals surface area contributed by atoms with E-state index in [4.69, 9.17) is 0 Å². The Hall–Kier alpha value is -2.07. The van der Waals surface area contributed by atoms with E-state index in [1.54, 1.807) is 0 Å². The highest BCUT2D eigenvalue weighted by molar-refractivity contribution is 7.99. The number of hydrogen-bond acceptors (Lipinski definition) is 1. The molecule has 3 aromatic rings. The highest BCUT2D eigenvalue weighted by Gasteiger charge is 2.45. The standard InChI is InChI=1S/C24H25NP.BrH/c1-21(2)25(3)19-20-26(22-13-7-4-8-14-22,23-15-9-5-10-16-23)24-17-11-6-12-18-24;/h4-18,21H,1-3H3;1H/q+1;/p-1. The molecule has 0 N–H and O–H groups in total. The molecule has 0 saturated carbocycles. The lowest BCUT2D eigenvalue weighted by Gasteiger charge is -2.22. The van der Waals surface area contributed by atoms with Gasteiger partial charge >= 0.3 is 0 Å². The van der Waals surface area contributed by atoms with E-state index < -0.39 is 7.26 Å². The van der Waals surface area contributed by atoms with Crippen molar-refractivity contribution in [3.8, 4) is 11.7 Å². The highest BCUT2D eigenvalue weighted by atomic mass is 79.9. The summed E-state index contributed by atoms with van der Waals surface area (Å²) in [4.78, 5) is 2.10. The Labute approximate surface area is 174 Å². The molecule has 0 atom stereocenters. The van der Waals surface area contributed by atoms with Crippen molar-refractivity contribution in [1.29, 1.82) is 0 Å². The average Bonchev–Trinajstić information content (AvgIpc) is 2.70. The quantitative estimate of drug-likeness (QED) is 0.337. The molecule has 0 aromatic heterocycles. The Morgan fingerprint density at radius 2 is 1.00 bits per heavy atom. The first-order valence-corrected chi connectivity index (χ1v) is 10.7. The summed E-state index contributed by atoms with van der Waals surface area (Å²) in [6.45, 7) is 4.34. The molecular weight excluding hydrogens is 413 g/mol. The molecule has 27 heavy (non-hydrogen) atoms. The number of benzene rings is 3. The molecule has 0 unspecified atom stereocenters. The van der Waals surface area contributed by atoms with Crippen molar-refractivity contribution in [2.45, 2.75) is 19.9 Å². The summed E-state index contributed by atoms with van der Waals surface area (Å²) >= 11 is 0. The molecule has 3 rings (SSSR count). The largest absolute Gasteiger partial charge is 1.00 e. The monoisotopic (exact) mass is 437 g/mol. The van der Waals surface area contributed by atoms with Crippen LogP contribution in [0.1, 0.15) is 13.8 Å². The molecule has 0 heterocycles. The number of rotatable bonds is 4. The zero-order valence-electron chi connectivity index (χ0n) is 16.0. The Morgan fingerprint density at radius 1 is 0.667 bits per heavy atom. The van der Waals surface area contributed by atoms with Crippen molar-refractivity contribution in [3.63, 3.8) is 0 Å². The zero-order valence-corrected chi connectivity index (χ0v) is 18.5. The lowest BCUT2D eigenvalue weighted by Crippen LogP contribution is -3.00. The zero-order chi connectivity index (χ0) is 18.4. The molecule has 0 saturated heterocycles. The van der Waals surface area contributed by atoms with E-state index >= 15 is 0 Å². The van der Waals surface area contributed by atoms with Crippen LogP contribution < -0.4 is 32.9 Å². The molecule has 1 nitrogen and oxygen atoms in total. The lowest BCUT2D eigenvalue weighted by molar-refractivity contribution is -0.00000530. The van der Waals surface area contributed by atoms with Crippen molar-refractivity contribution < 1.29 is 17.0 Å². The minimum Gasteiger partial charge on any atom is -1.00 e. The van der Waals surface area contributed by atoms with E-state index in [0.29, 0.717) is 6.04 Å². The van der Waals surface area contributed by atoms with Gasteiger partial charge in [0.05, 0.1) is 6.04 Å². The molecule has 0 aliphatic carbocycles. The molecule has 138 valence electrons. The molecule has 3 heteroatoms. The van der Waals surface area contributed by atoms with Crippen LogP contribution in [-0.4, -0.2) is 18.0 Å². The molecule has 0 aliphatic heterocycles. The van der Waals surface area contributed by atoms with Gasteiger partial charge in [0.2, 0.25) is 0 Å². The summed E-state index contributed by atoms with van der Waals surface area (Å²) in [7, 11) is 0.0132. The summed E-state index contributed by atoms with van der Waals surface area (Å²) in [6.07, 6.45) is 0. The fourth-order valence-corrected chi connectivity index (χ4v) is 6.33. The van der Waals surface area contributed by atoms with Crippen molar-refractivity contribution >= 4 is 23.2 Å². The Bertz CT molecular complexity index is 787. The highest BCUT2D eigenvalue weighted by Crippen LogP contribution is 2.54. The summed E-state index contributed by atoms with van der Waals surface area (Å²) in [6, 6.07) is 36.1. The van der Waals surface area contributed by atoms with Crippen molar-refractivity contribution in [2.24, 2.45) is 0 Å². The molecule has 3 aromatic carbocycles. The maximum atomic E-state index is 3.75. The minimum atomic E-state index is -2.05. The van der Waals surface area contributed by atoms with Gasteiger partial charge in [-0.05, 0) is 50.2 Å². The van der Waals surface area contributed by atoms with Crippen LogP contribution in [0.4, 0.5) is 0 Å². The maximum absolute atomic E-state index is 3.75. The van der Waals surface area contributed by atoms with Gasteiger partial charge in [0.25, 0.3) is 0 Å². The normalized spacial score (nSPS) is 10.5. The molecule has 0 fully saturated rings. The first-order chi connectivity index (χ1) is 12.6. The van der Waals surface area contributed by atoms with E-state index in [2.05, 4.69) is 128 Å². The van der Waals surface area contributed by atoms with Gasteiger partial charge in [-0.3, -0.25) is 0 Å². The summed E-state index contributed by atoms with van der Waals surface area (Å²) in [5.74, 6) is 0. The lowest BCUT2D eigenvalue weighted by atomic mass is 10.4. The molecule has 0 spiro atoms. The summed E-state index contributed by atoms with van der Waals surface area (Å²) < 4.78 is 0. The van der Waals surface area contributed by atoms with Crippen LogP contribution in [0.5, 0.6) is 0 Å². The van der Waals surface area contributed by atoms with Crippen molar-refractivity contribution in [3.05, 3.63) is 91.0 Å². The molecule has 0 aliphatic rings. The topological polar surface area (TPSA) is 3.24 Å². The van der Waals surface area contributed by atoms with E-state index in [0.717, 1.165) is 0 Å². The van der Waals surface area contributed by atoms with Crippen LogP contribution >= 0.6 is 7.26 Å². The van der Waals surface area contributed by atoms with Crippen LogP contribution in [0.15, 0.2) is 91.0 Å². The number of hydrogen-bond donors (Lipinski definition) is 0. The third kappa shape index (κ3) is 4.62. The van der Waals surface area contributed by atoms with Crippen LogP contribution in [0, 0.1) is 11.7 Å². The van der Waals surface area contributed by atoms with Gasteiger partial charge in [0.15, 0.2) is 7.26 Å². The van der Waals surface area contributed by atoms with Crippen molar-refractivity contribution in [1.82, 2.24) is 4.90 Å². The predicted molar refractivity (Wildman–Crippen MR) is 116 cm³/mol. The first-order valence-electron chi connectivity index (χ1n) is 8.96. The third-order valence-corrected chi connectivity index (χ3v) is 8.25. The summed E-state index contributed by atoms with van der Waals surface area (Å²) in [5, 5.41) is 3.88. The van der Waals surface area contributed by atoms with Gasteiger partial charge in [0.1, 0.15) is 21.6 Å². The third-order valence-electron chi connectivity index (χ3n) is 4.60. The van der Waals surface area contributed by atoms with Gasteiger partial charge in [0, 0.05) is 13.1 Å². The fraction of sp³-hybridized carbons (Fsp3) is 0.167. The molecule has 0 radical (unpaired) electrons. The van der Waals surface area contributed by atoms with Crippen LogP contribution in [0.2, 0.25) is 0 Å². The smallest absolute Gasteiger partial charge is 0.191 e. The number of halogens is 1. The van der Waals surface area contributed by atoms with Crippen LogP contribution in [0.3, 0.4) is 0 Å². The van der Waals surface area contributed by atoms with E-state index in [1.165, 1.54) is 15.9 Å². The Morgan fingerprint density at radius 3 is 1.30 bits per heavy atom. The van der Waals surface area contributed by atoms with Gasteiger partial charge < -0.3 is 21.9 Å². The SMILES string of the molecule is CC(C)N(C)C#C[P+](c1ccccc1)(c1ccccc1)c1ccccc1.[Br-]. The van der Waals surface area contributed by atoms with Crippen molar-refractivity contribution in [2.75, 3.05) is 7.05 Å². The van der Waals surface area contributed by atoms with Gasteiger partial charge in [-0.1, -0.05) is 54.6 Å². The van der Waals surface area contributed by atoms with Gasteiger partial charge in [-0.25, -0.2) is 0 Å². The van der Waals surface area contributed by atoms with Crippen LogP contribution in [0.25, 0.3) is 0 Å². The second-order valence-electron chi connectivity index (χ2n) is 6.61. The van der Waals surface area contributed by atoms with Crippen LogP contribution in [-0.2, 0) is 0 Å². The summed E-state index contributed by atoms with van der Waals surface area (Å²) in [5.41, 5.74) is 3.75. The Kier molecular flexibility index (Phi) is 7.66. The second kappa shape index (κ2) is 9.75. The molecular formula is C24H25BrNP. The first kappa shape index (κ1) is 21.2. The van der Waals surface area contributed by atoms with E-state index in [1.807, 2.05) is 0 Å². The second-order valence-corrected chi connectivity index (χ2v) is 9.72. The minimum absolute atomic E-state index is 0.